The number of nitrogens with one attached hydrogen (secondary N) is 1. The normalized spacial score (nSPS) is 10.4. The number of nitrogens with zero attached hydrogens (tertiary/aromatic N) is 1. The molecule has 0 aliphatic carbocycles. The number of methoxy groups -OCH3 is 2. The average Bonchev–Trinajstić information content (AvgIpc) is 3.14. The molecule has 0 bridgehead atoms. The van der Waals surface area contributed by atoms with E-state index in [4.69, 9.17) is 14.0 Å². The van der Waals surface area contributed by atoms with E-state index in [0.29, 0.717) is 28.4 Å². The van der Waals surface area contributed by atoms with Crippen molar-refractivity contribution in [2.24, 2.45) is 0 Å². The predicted octanol–water partition coefficient (Wildman–Crippen LogP) is 3.63. The number of phenolic OH excluding ortho intramolecular Hbond substituents is 1. The second kappa shape index (κ2) is 7.18. The molecule has 0 radical (unpaired) electrons. The first-order chi connectivity index (χ1) is 12.5. The Morgan fingerprint density at radius 2 is 1.85 bits per heavy atom. The van der Waals surface area contributed by atoms with E-state index in [-0.39, 0.29) is 11.5 Å². The summed E-state index contributed by atoms with van der Waals surface area (Å²) in [6.45, 7) is 1.86. The molecule has 0 fully saturated rings. The van der Waals surface area contributed by atoms with Crippen LogP contribution in [0.4, 0.5) is 5.69 Å². The summed E-state index contributed by atoms with van der Waals surface area (Å²) >= 11 is 0. The minimum Gasteiger partial charge on any atom is -0.506 e. The number of anilines is 1. The van der Waals surface area contributed by atoms with Crippen molar-refractivity contribution in [2.75, 3.05) is 19.5 Å². The highest BCUT2D eigenvalue weighted by Gasteiger charge is 2.17. The van der Waals surface area contributed by atoms with Crippen LogP contribution < -0.4 is 14.8 Å². The molecule has 7 nitrogen and oxygen atoms in total. The number of aryl methyl sites for hydroxylation is 1. The maximum Gasteiger partial charge on any atom is 0.294 e. The van der Waals surface area contributed by atoms with Crippen molar-refractivity contribution in [3.63, 3.8) is 0 Å². The Morgan fingerprint density at radius 1 is 1.08 bits per heavy atom. The number of carbonyl (C=O) groups is 1. The maximum atomic E-state index is 12.3. The second-order valence-corrected chi connectivity index (χ2v) is 5.62. The van der Waals surface area contributed by atoms with Crippen LogP contribution in [0.25, 0.3) is 11.3 Å². The molecule has 1 amide bonds. The van der Waals surface area contributed by atoms with Crippen LogP contribution >= 0.6 is 0 Å². The quantitative estimate of drug-likeness (QED) is 0.680. The van der Waals surface area contributed by atoms with E-state index in [1.165, 1.54) is 19.2 Å². The number of hydrogen-bond acceptors (Lipinski definition) is 6. The van der Waals surface area contributed by atoms with Crippen LogP contribution in [0.5, 0.6) is 17.2 Å². The average molecular weight is 354 g/mol. The third kappa shape index (κ3) is 3.46. The van der Waals surface area contributed by atoms with Crippen LogP contribution in [-0.2, 0) is 0 Å². The molecule has 1 aromatic heterocycles. The molecule has 0 aliphatic rings. The minimum absolute atomic E-state index is 0.0238. The Labute approximate surface area is 150 Å². The smallest absolute Gasteiger partial charge is 0.294 e. The Balaban J connectivity index is 1.83. The zero-order chi connectivity index (χ0) is 18.7. The van der Waals surface area contributed by atoms with Crippen molar-refractivity contribution < 1.29 is 23.9 Å². The molecule has 3 rings (SSSR count). The van der Waals surface area contributed by atoms with Gasteiger partial charge in [-0.25, -0.2) is 0 Å². The molecular formula is C19H18N2O5. The highest BCUT2D eigenvalue weighted by atomic mass is 16.5. The van der Waals surface area contributed by atoms with Gasteiger partial charge in [-0.3, -0.25) is 4.79 Å². The van der Waals surface area contributed by atoms with Gasteiger partial charge in [-0.2, -0.15) is 0 Å². The van der Waals surface area contributed by atoms with Crippen molar-refractivity contribution >= 4 is 11.6 Å². The van der Waals surface area contributed by atoms with Gasteiger partial charge in [0.15, 0.2) is 11.5 Å². The Morgan fingerprint density at radius 3 is 2.58 bits per heavy atom. The van der Waals surface area contributed by atoms with Gasteiger partial charge in [0.2, 0.25) is 5.76 Å². The molecule has 2 N–H and O–H groups in total. The number of rotatable bonds is 5. The van der Waals surface area contributed by atoms with Crippen molar-refractivity contribution in [2.45, 2.75) is 6.92 Å². The molecule has 134 valence electrons. The topological polar surface area (TPSA) is 93.8 Å². The van der Waals surface area contributed by atoms with Gasteiger partial charge < -0.3 is 24.4 Å². The number of aromatic hydroxyl groups is 1. The zero-order valence-corrected chi connectivity index (χ0v) is 14.6. The van der Waals surface area contributed by atoms with E-state index in [1.54, 1.807) is 37.4 Å². The van der Waals surface area contributed by atoms with E-state index in [0.717, 1.165) is 5.56 Å². The number of amides is 1. The lowest BCUT2D eigenvalue weighted by atomic mass is 10.1. The van der Waals surface area contributed by atoms with Gasteiger partial charge in [0.1, 0.15) is 11.4 Å². The summed E-state index contributed by atoms with van der Waals surface area (Å²) in [5.74, 6) is 0.626. The summed E-state index contributed by atoms with van der Waals surface area (Å²) in [5.41, 5.74) is 2.40. The molecule has 0 atom stereocenters. The SMILES string of the molecule is COc1ccc(-c2cc(C(=O)Nc3cc(C)ccc3O)on2)cc1OC. The van der Waals surface area contributed by atoms with Crippen LogP contribution in [0, 0.1) is 6.92 Å². The Hall–Kier alpha value is -3.48. The number of aromatic nitrogens is 1. The van der Waals surface area contributed by atoms with Crippen molar-refractivity contribution in [1.29, 1.82) is 0 Å². The zero-order valence-electron chi connectivity index (χ0n) is 14.6. The molecule has 26 heavy (non-hydrogen) atoms. The predicted molar refractivity (Wildman–Crippen MR) is 95.8 cm³/mol. The summed E-state index contributed by atoms with van der Waals surface area (Å²) < 4.78 is 15.6. The van der Waals surface area contributed by atoms with Crippen molar-refractivity contribution in [3.8, 4) is 28.5 Å². The molecule has 0 saturated carbocycles. The summed E-state index contributed by atoms with van der Waals surface area (Å²) in [7, 11) is 3.09. The molecule has 0 saturated heterocycles. The molecule has 0 unspecified atom stereocenters. The lowest BCUT2D eigenvalue weighted by molar-refractivity contribution is 0.0987. The van der Waals surface area contributed by atoms with Crippen LogP contribution in [-0.4, -0.2) is 30.4 Å². The number of ether oxygens (including phenoxy) is 2. The van der Waals surface area contributed by atoms with Gasteiger partial charge in [-0.05, 0) is 42.8 Å². The van der Waals surface area contributed by atoms with E-state index in [2.05, 4.69) is 10.5 Å². The van der Waals surface area contributed by atoms with Crippen LogP contribution in [0.3, 0.4) is 0 Å². The fraction of sp³-hybridized carbons (Fsp3) is 0.158. The van der Waals surface area contributed by atoms with E-state index in [9.17, 15) is 9.90 Å². The molecule has 2 aromatic carbocycles. The fourth-order valence-electron chi connectivity index (χ4n) is 2.45. The van der Waals surface area contributed by atoms with Gasteiger partial charge >= 0.3 is 0 Å². The first kappa shape index (κ1) is 17.3. The first-order valence-electron chi connectivity index (χ1n) is 7.82. The largest absolute Gasteiger partial charge is 0.506 e. The monoisotopic (exact) mass is 354 g/mol. The Bertz CT molecular complexity index is 949. The number of carbonyl (C=O) groups excluding carboxylic acids is 1. The standard InChI is InChI=1S/C19H18N2O5/c1-11-4-6-15(22)14(8-11)20-19(23)18-10-13(21-26-18)12-5-7-16(24-2)17(9-12)25-3/h4-10,22H,1-3H3,(H,20,23). The lowest BCUT2D eigenvalue weighted by Crippen LogP contribution is -2.11. The first-order valence-corrected chi connectivity index (χ1v) is 7.82. The molecule has 3 aromatic rings. The van der Waals surface area contributed by atoms with Crippen LogP contribution in [0.2, 0.25) is 0 Å². The molecular weight excluding hydrogens is 336 g/mol. The van der Waals surface area contributed by atoms with Gasteiger partial charge in [0, 0.05) is 11.6 Å². The summed E-state index contributed by atoms with van der Waals surface area (Å²) in [6, 6.07) is 11.7. The van der Waals surface area contributed by atoms with Gasteiger partial charge in [0.25, 0.3) is 5.91 Å². The minimum atomic E-state index is -0.509. The fourth-order valence-corrected chi connectivity index (χ4v) is 2.45. The molecule has 0 aliphatic heterocycles. The second-order valence-electron chi connectivity index (χ2n) is 5.62. The number of phenols is 1. The molecule has 0 spiro atoms. The van der Waals surface area contributed by atoms with Crippen molar-refractivity contribution in [1.82, 2.24) is 5.16 Å². The van der Waals surface area contributed by atoms with Gasteiger partial charge in [0.05, 0.1) is 19.9 Å². The third-order valence-electron chi connectivity index (χ3n) is 3.81. The summed E-state index contributed by atoms with van der Waals surface area (Å²) in [4.78, 5) is 12.3. The number of benzene rings is 2. The third-order valence-corrected chi connectivity index (χ3v) is 3.81. The molecule has 7 heteroatoms. The summed E-state index contributed by atoms with van der Waals surface area (Å²) in [5, 5.41) is 16.4. The lowest BCUT2D eigenvalue weighted by Gasteiger charge is -2.07. The van der Waals surface area contributed by atoms with E-state index < -0.39 is 5.91 Å². The van der Waals surface area contributed by atoms with E-state index in [1.807, 2.05) is 6.92 Å². The summed E-state index contributed by atoms with van der Waals surface area (Å²) in [6.07, 6.45) is 0. The van der Waals surface area contributed by atoms with Crippen LogP contribution in [0.1, 0.15) is 16.1 Å². The van der Waals surface area contributed by atoms with Crippen molar-refractivity contribution in [3.05, 3.63) is 53.8 Å². The van der Waals surface area contributed by atoms with Gasteiger partial charge in [-0.1, -0.05) is 11.2 Å². The van der Waals surface area contributed by atoms with E-state index >= 15 is 0 Å². The highest BCUT2D eigenvalue weighted by Crippen LogP contribution is 2.32. The molecule has 1 heterocycles. The van der Waals surface area contributed by atoms with Gasteiger partial charge in [-0.15, -0.1) is 0 Å². The maximum absolute atomic E-state index is 12.3. The Kier molecular flexibility index (Phi) is 4.79. The highest BCUT2D eigenvalue weighted by molar-refractivity contribution is 6.03. The van der Waals surface area contributed by atoms with Crippen LogP contribution in [0.15, 0.2) is 47.0 Å². The number of hydrogen-bond donors (Lipinski definition) is 2.